The lowest BCUT2D eigenvalue weighted by molar-refractivity contribution is -0.136. The summed E-state index contributed by atoms with van der Waals surface area (Å²) in [5.41, 5.74) is 0.921. The largest absolute Gasteiger partial charge is 0.439 e. The van der Waals surface area contributed by atoms with Gasteiger partial charge in [-0.25, -0.2) is 4.98 Å². The number of benzene rings is 1. The van der Waals surface area contributed by atoms with Crippen LogP contribution < -0.4 is 0 Å². The van der Waals surface area contributed by atoms with Gasteiger partial charge in [-0.1, -0.05) is 11.6 Å². The van der Waals surface area contributed by atoms with Crippen LogP contribution in [0, 0.1) is 0 Å². The van der Waals surface area contributed by atoms with E-state index in [2.05, 4.69) is 4.98 Å². The molecule has 3 rings (SSSR count). The van der Waals surface area contributed by atoms with Crippen LogP contribution in [0.1, 0.15) is 5.89 Å². The van der Waals surface area contributed by atoms with E-state index in [1.807, 2.05) is 41.1 Å². The fraction of sp³-hybridized carbons (Fsp3) is 0.412. The maximum absolute atomic E-state index is 12.2. The van der Waals surface area contributed by atoms with Crippen LogP contribution in [-0.2, 0) is 16.1 Å². The summed E-state index contributed by atoms with van der Waals surface area (Å²) >= 11 is 5.89. The second-order valence-corrected chi connectivity index (χ2v) is 6.23. The van der Waals surface area contributed by atoms with Gasteiger partial charge in [-0.2, -0.15) is 0 Å². The summed E-state index contributed by atoms with van der Waals surface area (Å²) < 4.78 is 11.0. The fourth-order valence-electron chi connectivity index (χ4n) is 2.56. The molecule has 1 saturated heterocycles. The monoisotopic (exact) mass is 349 g/mol. The molecule has 0 unspecified atom stereocenters. The maximum atomic E-state index is 12.2. The minimum absolute atomic E-state index is 0.102. The number of amides is 1. The van der Waals surface area contributed by atoms with Crippen LogP contribution in [0.4, 0.5) is 0 Å². The van der Waals surface area contributed by atoms with Gasteiger partial charge in [-0.3, -0.25) is 9.69 Å². The zero-order valence-corrected chi connectivity index (χ0v) is 14.3. The number of hydrogen-bond acceptors (Lipinski definition) is 5. The van der Waals surface area contributed by atoms with E-state index in [0.29, 0.717) is 56.1 Å². The van der Waals surface area contributed by atoms with Crippen molar-refractivity contribution >= 4 is 17.5 Å². The third-order valence-corrected chi connectivity index (χ3v) is 4.11. The first-order chi connectivity index (χ1) is 11.6. The molecule has 6 nitrogen and oxygen atoms in total. The van der Waals surface area contributed by atoms with Crippen molar-refractivity contribution in [2.75, 3.05) is 39.9 Å². The number of nitrogens with zero attached hydrogens (tertiary/aromatic N) is 3. The van der Waals surface area contributed by atoms with Gasteiger partial charge in [-0.15, -0.1) is 0 Å². The number of rotatable bonds is 5. The maximum Gasteiger partial charge on any atom is 0.236 e. The van der Waals surface area contributed by atoms with E-state index in [9.17, 15) is 4.79 Å². The first kappa shape index (κ1) is 17.0. The van der Waals surface area contributed by atoms with Gasteiger partial charge in [-0.05, 0) is 31.3 Å². The predicted molar refractivity (Wildman–Crippen MR) is 90.7 cm³/mol. The zero-order valence-electron chi connectivity index (χ0n) is 13.6. The van der Waals surface area contributed by atoms with Gasteiger partial charge < -0.3 is 14.1 Å². The summed E-state index contributed by atoms with van der Waals surface area (Å²) in [6.07, 6.45) is 1.69. The van der Waals surface area contributed by atoms with Crippen molar-refractivity contribution in [3.63, 3.8) is 0 Å². The molecular formula is C17H20ClN3O3. The molecule has 128 valence electrons. The number of halogens is 1. The van der Waals surface area contributed by atoms with E-state index in [0.717, 1.165) is 5.56 Å². The molecule has 0 bridgehead atoms. The molecule has 0 spiro atoms. The van der Waals surface area contributed by atoms with Gasteiger partial charge in [0, 0.05) is 23.7 Å². The smallest absolute Gasteiger partial charge is 0.236 e. The van der Waals surface area contributed by atoms with Gasteiger partial charge in [0.25, 0.3) is 0 Å². The SMILES string of the molecule is CN(CC(=O)N1CCOCC1)Cc1ncc(-c2ccc(Cl)cc2)o1. The van der Waals surface area contributed by atoms with Crippen molar-refractivity contribution in [3.8, 4) is 11.3 Å². The molecule has 0 radical (unpaired) electrons. The molecule has 1 aliphatic heterocycles. The van der Waals surface area contributed by atoms with Crippen LogP contribution >= 0.6 is 11.6 Å². The summed E-state index contributed by atoms with van der Waals surface area (Å²) in [6, 6.07) is 7.40. The molecular weight excluding hydrogens is 330 g/mol. The Labute approximate surface area is 146 Å². The lowest BCUT2D eigenvalue weighted by atomic mass is 10.2. The number of ether oxygens (including phenoxy) is 1. The molecule has 1 fully saturated rings. The van der Waals surface area contributed by atoms with Gasteiger partial charge >= 0.3 is 0 Å². The summed E-state index contributed by atoms with van der Waals surface area (Å²) in [6.45, 7) is 3.35. The first-order valence-corrected chi connectivity index (χ1v) is 8.24. The van der Waals surface area contributed by atoms with Crippen LogP contribution in [0.25, 0.3) is 11.3 Å². The van der Waals surface area contributed by atoms with Crippen molar-refractivity contribution in [1.29, 1.82) is 0 Å². The minimum atomic E-state index is 0.102. The molecule has 1 aliphatic rings. The molecule has 1 aromatic carbocycles. The van der Waals surface area contributed by atoms with Crippen LogP contribution in [-0.4, -0.2) is 60.6 Å². The lowest BCUT2D eigenvalue weighted by Crippen LogP contribution is -2.44. The molecule has 24 heavy (non-hydrogen) atoms. The molecule has 0 atom stereocenters. The summed E-state index contributed by atoms with van der Waals surface area (Å²) in [5.74, 6) is 1.37. The van der Waals surface area contributed by atoms with Gasteiger partial charge in [0.05, 0.1) is 32.5 Å². The van der Waals surface area contributed by atoms with Crippen molar-refractivity contribution in [1.82, 2.24) is 14.8 Å². The first-order valence-electron chi connectivity index (χ1n) is 7.86. The van der Waals surface area contributed by atoms with E-state index in [4.69, 9.17) is 20.8 Å². The number of carbonyl (C=O) groups is 1. The topological polar surface area (TPSA) is 58.8 Å². The standard InChI is InChI=1S/C17H20ClN3O3/c1-20(12-17(22)21-6-8-23-9-7-21)11-16-19-10-15(24-16)13-2-4-14(18)5-3-13/h2-5,10H,6-9,11-12H2,1H3. The highest BCUT2D eigenvalue weighted by Crippen LogP contribution is 2.22. The average Bonchev–Trinajstić information content (AvgIpc) is 3.04. The highest BCUT2D eigenvalue weighted by atomic mass is 35.5. The Hall–Kier alpha value is -1.89. The minimum Gasteiger partial charge on any atom is -0.439 e. The average molecular weight is 350 g/mol. The van der Waals surface area contributed by atoms with Gasteiger partial charge in [0.15, 0.2) is 5.76 Å². The van der Waals surface area contributed by atoms with E-state index < -0.39 is 0 Å². The van der Waals surface area contributed by atoms with Crippen LogP contribution in [0.2, 0.25) is 5.02 Å². The molecule has 1 amide bonds. The summed E-state index contributed by atoms with van der Waals surface area (Å²) in [4.78, 5) is 20.2. The lowest BCUT2D eigenvalue weighted by Gasteiger charge is -2.28. The Morgan fingerprint density at radius 2 is 2.00 bits per heavy atom. The Bertz CT molecular complexity index is 681. The highest BCUT2D eigenvalue weighted by molar-refractivity contribution is 6.30. The summed E-state index contributed by atoms with van der Waals surface area (Å²) in [5, 5.41) is 0.680. The van der Waals surface area contributed by atoms with E-state index in [1.54, 1.807) is 6.20 Å². The van der Waals surface area contributed by atoms with Crippen molar-refractivity contribution in [2.45, 2.75) is 6.54 Å². The predicted octanol–water partition coefficient (Wildman–Crippen LogP) is 2.29. The number of oxazole rings is 1. The molecule has 0 N–H and O–H groups in total. The molecule has 2 heterocycles. The van der Waals surface area contributed by atoms with E-state index in [-0.39, 0.29) is 5.91 Å². The third-order valence-electron chi connectivity index (χ3n) is 3.86. The Morgan fingerprint density at radius 1 is 1.29 bits per heavy atom. The Kier molecular flexibility index (Phi) is 5.50. The van der Waals surface area contributed by atoms with Crippen LogP contribution in [0.3, 0.4) is 0 Å². The Morgan fingerprint density at radius 3 is 2.71 bits per heavy atom. The number of carbonyl (C=O) groups excluding carboxylic acids is 1. The van der Waals surface area contributed by atoms with Crippen LogP contribution in [0.15, 0.2) is 34.9 Å². The van der Waals surface area contributed by atoms with Crippen molar-refractivity contribution in [2.24, 2.45) is 0 Å². The fourth-order valence-corrected chi connectivity index (χ4v) is 2.69. The normalized spacial score (nSPS) is 15.0. The second kappa shape index (κ2) is 7.79. The van der Waals surface area contributed by atoms with Crippen molar-refractivity contribution in [3.05, 3.63) is 41.4 Å². The molecule has 0 aliphatic carbocycles. The van der Waals surface area contributed by atoms with Gasteiger partial charge in [0.1, 0.15) is 0 Å². The zero-order chi connectivity index (χ0) is 16.9. The molecule has 1 aromatic heterocycles. The molecule has 0 saturated carbocycles. The quantitative estimate of drug-likeness (QED) is 0.829. The van der Waals surface area contributed by atoms with Gasteiger partial charge in [0.2, 0.25) is 11.8 Å². The van der Waals surface area contributed by atoms with E-state index >= 15 is 0 Å². The number of aromatic nitrogens is 1. The third kappa shape index (κ3) is 4.35. The second-order valence-electron chi connectivity index (χ2n) is 5.79. The summed E-state index contributed by atoms with van der Waals surface area (Å²) in [7, 11) is 1.88. The highest BCUT2D eigenvalue weighted by Gasteiger charge is 2.19. The van der Waals surface area contributed by atoms with Crippen molar-refractivity contribution < 1.29 is 13.9 Å². The van der Waals surface area contributed by atoms with E-state index in [1.165, 1.54) is 0 Å². The Balaban J connectivity index is 1.55. The molecule has 7 heteroatoms. The number of morpholine rings is 1. The molecule has 2 aromatic rings. The number of likely N-dealkylation sites (N-methyl/N-ethyl adjacent to an activating group) is 1. The number of hydrogen-bond donors (Lipinski definition) is 0. The van der Waals surface area contributed by atoms with Crippen LogP contribution in [0.5, 0.6) is 0 Å².